The lowest BCUT2D eigenvalue weighted by Gasteiger charge is -2.18. The number of nitrogens with zero attached hydrogens (tertiary/aromatic N) is 2. The number of carbonyl (C=O) groups excluding carboxylic acids is 1. The maximum atomic E-state index is 11.9. The Kier molecular flexibility index (Phi) is 6.39. The number of aliphatic hydroxyl groups excluding tert-OH is 1. The highest BCUT2D eigenvalue weighted by molar-refractivity contribution is 5.91. The van der Waals surface area contributed by atoms with E-state index in [1.54, 1.807) is 23.1 Å². The summed E-state index contributed by atoms with van der Waals surface area (Å²) in [5.41, 5.74) is 0.595. The van der Waals surface area contributed by atoms with Crippen LogP contribution >= 0.6 is 0 Å². The Morgan fingerprint density at radius 2 is 2.25 bits per heavy atom. The first-order chi connectivity index (χ1) is 9.58. The molecule has 0 saturated heterocycles. The molecule has 0 saturated carbocycles. The van der Waals surface area contributed by atoms with Crippen molar-refractivity contribution < 1.29 is 14.8 Å². The minimum absolute atomic E-state index is 0.00720. The second kappa shape index (κ2) is 8.06. The summed E-state index contributed by atoms with van der Waals surface area (Å²) in [6.45, 7) is 2.94. The van der Waals surface area contributed by atoms with E-state index in [2.05, 4.69) is 0 Å². The Bertz CT molecular complexity index is 500. The van der Waals surface area contributed by atoms with Crippen molar-refractivity contribution in [3.63, 3.8) is 0 Å². The standard InChI is InChI=1S/C14H18N2O4/c1-2-15(9-4-10-17)14(18)8-7-12-5-3-6-13(11-12)16(19)20/h3,5-8,11,17H,2,4,9-10H2,1H3/b8-7+. The molecule has 0 atom stereocenters. The molecule has 108 valence electrons. The maximum absolute atomic E-state index is 11.9. The summed E-state index contributed by atoms with van der Waals surface area (Å²) in [6.07, 6.45) is 3.47. The summed E-state index contributed by atoms with van der Waals surface area (Å²) >= 11 is 0. The van der Waals surface area contributed by atoms with E-state index in [1.165, 1.54) is 18.2 Å². The van der Waals surface area contributed by atoms with Gasteiger partial charge in [-0.15, -0.1) is 0 Å². The van der Waals surface area contributed by atoms with Gasteiger partial charge in [0.1, 0.15) is 0 Å². The zero-order valence-corrected chi connectivity index (χ0v) is 11.4. The molecule has 0 aromatic heterocycles. The Hall–Kier alpha value is -2.21. The molecule has 0 spiro atoms. The first-order valence-electron chi connectivity index (χ1n) is 6.40. The number of rotatable bonds is 7. The molecule has 0 radical (unpaired) electrons. The van der Waals surface area contributed by atoms with Crippen LogP contribution in [-0.2, 0) is 4.79 Å². The van der Waals surface area contributed by atoms with Gasteiger partial charge in [-0.1, -0.05) is 12.1 Å². The fourth-order valence-corrected chi connectivity index (χ4v) is 1.70. The SMILES string of the molecule is CCN(CCCO)C(=O)/C=C/c1cccc([N+](=O)[O-])c1. The lowest BCUT2D eigenvalue weighted by Crippen LogP contribution is -2.30. The molecule has 0 heterocycles. The minimum atomic E-state index is -0.473. The monoisotopic (exact) mass is 278 g/mol. The summed E-state index contributed by atoms with van der Waals surface area (Å²) in [6, 6.07) is 6.08. The van der Waals surface area contributed by atoms with Gasteiger partial charge in [0.05, 0.1) is 4.92 Å². The second-order valence-corrected chi connectivity index (χ2v) is 4.18. The highest BCUT2D eigenvalue weighted by Gasteiger charge is 2.08. The number of non-ortho nitro benzene ring substituents is 1. The number of hydrogen-bond acceptors (Lipinski definition) is 4. The lowest BCUT2D eigenvalue weighted by atomic mass is 10.2. The number of aliphatic hydroxyl groups is 1. The van der Waals surface area contributed by atoms with E-state index in [0.717, 1.165) is 0 Å². The summed E-state index contributed by atoms with van der Waals surface area (Å²) in [5, 5.41) is 19.4. The molecule has 0 unspecified atom stereocenters. The molecule has 6 nitrogen and oxygen atoms in total. The molecule has 1 aromatic rings. The molecule has 20 heavy (non-hydrogen) atoms. The smallest absolute Gasteiger partial charge is 0.270 e. The van der Waals surface area contributed by atoms with Crippen LogP contribution < -0.4 is 0 Å². The van der Waals surface area contributed by atoms with Crippen molar-refractivity contribution in [2.45, 2.75) is 13.3 Å². The first-order valence-corrected chi connectivity index (χ1v) is 6.40. The van der Waals surface area contributed by atoms with Crippen LogP contribution in [0.1, 0.15) is 18.9 Å². The number of hydrogen-bond donors (Lipinski definition) is 1. The van der Waals surface area contributed by atoms with Gasteiger partial charge in [-0.3, -0.25) is 14.9 Å². The van der Waals surface area contributed by atoms with Crippen LogP contribution in [0.25, 0.3) is 6.08 Å². The molecule has 0 aliphatic rings. The Morgan fingerprint density at radius 1 is 1.50 bits per heavy atom. The highest BCUT2D eigenvalue weighted by atomic mass is 16.6. The molecule has 0 bridgehead atoms. The molecule has 0 aliphatic carbocycles. The molecule has 0 aliphatic heterocycles. The third kappa shape index (κ3) is 4.81. The third-order valence-corrected chi connectivity index (χ3v) is 2.78. The van der Waals surface area contributed by atoms with Gasteiger partial charge >= 0.3 is 0 Å². The van der Waals surface area contributed by atoms with Crippen LogP contribution in [0.15, 0.2) is 30.3 Å². The zero-order valence-electron chi connectivity index (χ0n) is 11.4. The van der Waals surface area contributed by atoms with E-state index in [-0.39, 0.29) is 18.2 Å². The van der Waals surface area contributed by atoms with Crippen LogP contribution in [-0.4, -0.2) is 40.5 Å². The van der Waals surface area contributed by atoms with Gasteiger partial charge in [0.15, 0.2) is 0 Å². The van der Waals surface area contributed by atoms with E-state index < -0.39 is 4.92 Å². The van der Waals surface area contributed by atoms with Crippen molar-refractivity contribution in [3.8, 4) is 0 Å². The minimum Gasteiger partial charge on any atom is -0.396 e. The van der Waals surface area contributed by atoms with Crippen molar-refractivity contribution in [2.75, 3.05) is 19.7 Å². The van der Waals surface area contributed by atoms with Crippen molar-refractivity contribution in [1.82, 2.24) is 4.90 Å². The predicted octanol–water partition coefficient (Wildman–Crippen LogP) is 1.84. The van der Waals surface area contributed by atoms with Crippen molar-refractivity contribution in [2.24, 2.45) is 0 Å². The largest absolute Gasteiger partial charge is 0.396 e. The van der Waals surface area contributed by atoms with Crippen molar-refractivity contribution >= 4 is 17.7 Å². The second-order valence-electron chi connectivity index (χ2n) is 4.18. The van der Waals surface area contributed by atoms with E-state index in [4.69, 9.17) is 5.11 Å². The van der Waals surface area contributed by atoms with Gasteiger partial charge in [-0.05, 0) is 25.0 Å². The summed E-state index contributed by atoms with van der Waals surface area (Å²) in [7, 11) is 0. The molecule has 6 heteroatoms. The first kappa shape index (κ1) is 15.8. The van der Waals surface area contributed by atoms with Gasteiger partial charge in [0.2, 0.25) is 5.91 Å². The van der Waals surface area contributed by atoms with Crippen molar-refractivity contribution in [1.29, 1.82) is 0 Å². The van der Waals surface area contributed by atoms with E-state index >= 15 is 0 Å². The molecular weight excluding hydrogens is 260 g/mol. The normalized spacial score (nSPS) is 10.7. The Morgan fingerprint density at radius 3 is 2.85 bits per heavy atom. The number of benzene rings is 1. The molecule has 1 amide bonds. The Balaban J connectivity index is 2.73. The molecule has 1 aromatic carbocycles. The number of nitro groups is 1. The van der Waals surface area contributed by atoms with Crippen LogP contribution in [0, 0.1) is 10.1 Å². The van der Waals surface area contributed by atoms with E-state index in [9.17, 15) is 14.9 Å². The van der Waals surface area contributed by atoms with Gasteiger partial charge < -0.3 is 10.0 Å². The van der Waals surface area contributed by atoms with E-state index in [1.807, 2.05) is 6.92 Å². The summed E-state index contributed by atoms with van der Waals surface area (Å²) < 4.78 is 0. The average molecular weight is 278 g/mol. The molecule has 0 fully saturated rings. The van der Waals surface area contributed by atoms with Gasteiger partial charge in [-0.2, -0.15) is 0 Å². The number of nitro benzene ring substituents is 1. The van der Waals surface area contributed by atoms with Gasteiger partial charge in [0, 0.05) is 37.9 Å². The molecule has 1 N–H and O–H groups in total. The van der Waals surface area contributed by atoms with Crippen LogP contribution in [0.2, 0.25) is 0 Å². The highest BCUT2D eigenvalue weighted by Crippen LogP contribution is 2.14. The average Bonchev–Trinajstić information content (AvgIpc) is 2.46. The quantitative estimate of drug-likeness (QED) is 0.468. The third-order valence-electron chi connectivity index (χ3n) is 2.78. The summed E-state index contributed by atoms with van der Waals surface area (Å²) in [4.78, 5) is 23.7. The topological polar surface area (TPSA) is 83.7 Å². The van der Waals surface area contributed by atoms with Crippen molar-refractivity contribution in [3.05, 3.63) is 46.0 Å². The number of amides is 1. The maximum Gasteiger partial charge on any atom is 0.270 e. The zero-order chi connectivity index (χ0) is 15.0. The van der Waals surface area contributed by atoms with Gasteiger partial charge in [0.25, 0.3) is 5.69 Å². The van der Waals surface area contributed by atoms with Crippen LogP contribution in [0.3, 0.4) is 0 Å². The van der Waals surface area contributed by atoms with Crippen LogP contribution in [0.5, 0.6) is 0 Å². The fraction of sp³-hybridized carbons (Fsp3) is 0.357. The van der Waals surface area contributed by atoms with Gasteiger partial charge in [-0.25, -0.2) is 0 Å². The Labute approximate surface area is 117 Å². The summed E-state index contributed by atoms with van der Waals surface area (Å²) in [5.74, 6) is -0.174. The number of carbonyl (C=O) groups is 1. The fourth-order valence-electron chi connectivity index (χ4n) is 1.70. The molecule has 1 rings (SSSR count). The van der Waals surface area contributed by atoms with Crippen LogP contribution in [0.4, 0.5) is 5.69 Å². The predicted molar refractivity (Wildman–Crippen MR) is 76.1 cm³/mol. The number of likely N-dealkylation sites (N-methyl/N-ethyl adjacent to an activating group) is 1. The molecular formula is C14H18N2O4. The lowest BCUT2D eigenvalue weighted by molar-refractivity contribution is -0.384. The van der Waals surface area contributed by atoms with E-state index in [0.29, 0.717) is 25.1 Å².